The van der Waals surface area contributed by atoms with Crippen LogP contribution < -0.4 is 10.3 Å². The van der Waals surface area contributed by atoms with E-state index in [4.69, 9.17) is 0 Å². The summed E-state index contributed by atoms with van der Waals surface area (Å²) in [6.45, 7) is 0. The lowest BCUT2D eigenvalue weighted by Crippen LogP contribution is -2.24. The quantitative estimate of drug-likeness (QED) is 0.735. The number of aromatic amines is 1. The van der Waals surface area contributed by atoms with Crippen LogP contribution in [0.25, 0.3) is 10.6 Å². The van der Waals surface area contributed by atoms with Gasteiger partial charge in [0.15, 0.2) is 0 Å². The molecule has 1 N–H and O–H groups in total. The molecule has 1 aromatic heterocycles. The van der Waals surface area contributed by atoms with Gasteiger partial charge in [-0.25, -0.2) is 9.49 Å². The van der Waals surface area contributed by atoms with Crippen LogP contribution in [0.15, 0.2) is 33.9 Å². The number of hydrogen-bond donors (Lipinski definition) is 1. The molecule has 0 bridgehead atoms. The summed E-state index contributed by atoms with van der Waals surface area (Å²) in [5, 5.41) is 6.14. The van der Waals surface area contributed by atoms with Crippen LogP contribution in [-0.2, 0) is 0 Å². The van der Waals surface area contributed by atoms with Crippen molar-refractivity contribution in [3.05, 3.63) is 50.0 Å². The average Bonchev–Trinajstić information content (AvgIpc) is 2.23. The Labute approximate surface area is 87.0 Å². The number of nitrogens with one attached hydrogen (secondary N) is 1. The van der Waals surface area contributed by atoms with Gasteiger partial charge in [-0.3, -0.25) is 9.59 Å². The SMILES string of the molecule is O=c1[nH]nc(-c2ccc(F)cc2)sc1=O. The first kappa shape index (κ1) is 9.72. The minimum Gasteiger partial charge on any atom is -0.271 e. The van der Waals surface area contributed by atoms with Gasteiger partial charge in [0.25, 0.3) is 0 Å². The van der Waals surface area contributed by atoms with Gasteiger partial charge in [-0.15, -0.1) is 0 Å². The van der Waals surface area contributed by atoms with Gasteiger partial charge >= 0.3 is 10.3 Å². The molecule has 0 aliphatic heterocycles. The summed E-state index contributed by atoms with van der Waals surface area (Å²) in [6.07, 6.45) is 0. The van der Waals surface area contributed by atoms with Crippen molar-refractivity contribution in [2.75, 3.05) is 0 Å². The molecule has 0 radical (unpaired) electrons. The predicted octanol–water partition coefficient (Wildman–Crippen LogP) is 0.998. The van der Waals surface area contributed by atoms with Crippen LogP contribution >= 0.6 is 11.3 Å². The second kappa shape index (κ2) is 3.74. The van der Waals surface area contributed by atoms with Crippen LogP contribution in [-0.4, -0.2) is 10.2 Å². The van der Waals surface area contributed by atoms with E-state index in [2.05, 4.69) is 10.2 Å². The Morgan fingerprint density at radius 1 is 1.20 bits per heavy atom. The lowest BCUT2D eigenvalue weighted by atomic mass is 10.2. The van der Waals surface area contributed by atoms with E-state index in [0.29, 0.717) is 10.6 Å². The largest absolute Gasteiger partial charge is 0.322 e. The highest BCUT2D eigenvalue weighted by atomic mass is 32.1. The third-order valence-electron chi connectivity index (χ3n) is 1.72. The fraction of sp³-hybridized carbons (Fsp3) is 0. The molecule has 0 fully saturated rings. The first-order valence-corrected chi connectivity index (χ1v) is 4.84. The highest BCUT2D eigenvalue weighted by Gasteiger charge is 2.03. The highest BCUT2D eigenvalue weighted by Crippen LogP contribution is 2.17. The topological polar surface area (TPSA) is 62.8 Å². The van der Waals surface area contributed by atoms with Crippen LogP contribution in [0.1, 0.15) is 0 Å². The van der Waals surface area contributed by atoms with E-state index >= 15 is 0 Å². The maximum atomic E-state index is 12.6. The lowest BCUT2D eigenvalue weighted by molar-refractivity contribution is 0.628. The van der Waals surface area contributed by atoms with Crippen LogP contribution in [0, 0.1) is 5.82 Å². The summed E-state index contributed by atoms with van der Waals surface area (Å²) in [7, 11) is 0. The van der Waals surface area contributed by atoms with E-state index in [1.165, 1.54) is 24.3 Å². The summed E-state index contributed by atoms with van der Waals surface area (Å²) < 4.78 is 12.0. The monoisotopic (exact) mass is 224 g/mol. The number of hydrogen-bond acceptors (Lipinski definition) is 4. The minimum atomic E-state index is -0.745. The first-order valence-electron chi connectivity index (χ1n) is 4.02. The molecule has 2 aromatic rings. The Kier molecular flexibility index (Phi) is 2.42. The van der Waals surface area contributed by atoms with Crippen LogP contribution in [0.3, 0.4) is 0 Å². The Balaban J connectivity index is 2.55. The Hall–Kier alpha value is -1.82. The molecule has 0 spiro atoms. The van der Waals surface area contributed by atoms with Gasteiger partial charge in [-0.05, 0) is 24.3 Å². The standard InChI is InChI=1S/C9H5FN2O2S/c10-6-3-1-5(2-4-6)8-12-11-7(13)9(14)15-8/h1-4H,(H,11,13). The molecule has 2 rings (SSSR count). The number of benzene rings is 1. The zero-order chi connectivity index (χ0) is 10.8. The van der Waals surface area contributed by atoms with Gasteiger partial charge in [0.2, 0.25) is 0 Å². The van der Waals surface area contributed by atoms with Crippen molar-refractivity contribution in [1.82, 2.24) is 10.2 Å². The van der Waals surface area contributed by atoms with E-state index in [1.807, 2.05) is 0 Å². The van der Waals surface area contributed by atoms with Gasteiger partial charge in [0.05, 0.1) is 0 Å². The second-order valence-electron chi connectivity index (χ2n) is 2.75. The van der Waals surface area contributed by atoms with Crippen molar-refractivity contribution in [3.8, 4) is 10.6 Å². The van der Waals surface area contributed by atoms with Gasteiger partial charge < -0.3 is 0 Å². The fourth-order valence-electron chi connectivity index (χ4n) is 1.02. The Morgan fingerprint density at radius 2 is 1.87 bits per heavy atom. The zero-order valence-electron chi connectivity index (χ0n) is 7.36. The average molecular weight is 224 g/mol. The second-order valence-corrected chi connectivity index (χ2v) is 3.72. The molecule has 1 aromatic carbocycles. The van der Waals surface area contributed by atoms with Crippen molar-refractivity contribution >= 4 is 11.3 Å². The molecule has 0 atom stereocenters. The molecule has 0 saturated heterocycles. The number of halogens is 1. The minimum absolute atomic E-state index is 0.361. The van der Waals surface area contributed by atoms with Crippen molar-refractivity contribution in [2.45, 2.75) is 0 Å². The summed E-state index contributed by atoms with van der Waals surface area (Å²) in [5.74, 6) is -0.365. The smallest absolute Gasteiger partial charge is 0.271 e. The van der Waals surface area contributed by atoms with Gasteiger partial charge in [-0.2, -0.15) is 5.10 Å². The number of aromatic nitrogens is 2. The maximum absolute atomic E-state index is 12.6. The highest BCUT2D eigenvalue weighted by molar-refractivity contribution is 7.12. The zero-order valence-corrected chi connectivity index (χ0v) is 8.18. The third-order valence-corrected chi connectivity index (χ3v) is 2.62. The van der Waals surface area contributed by atoms with Crippen molar-refractivity contribution in [2.24, 2.45) is 0 Å². The maximum Gasteiger partial charge on any atom is 0.322 e. The summed E-state index contributed by atoms with van der Waals surface area (Å²) in [4.78, 5) is 21.8. The molecule has 0 aliphatic rings. The van der Waals surface area contributed by atoms with E-state index < -0.39 is 10.3 Å². The van der Waals surface area contributed by atoms with Gasteiger partial charge in [-0.1, -0.05) is 11.3 Å². The molecule has 0 saturated carbocycles. The van der Waals surface area contributed by atoms with E-state index in [0.717, 1.165) is 11.3 Å². The molecule has 0 amide bonds. The van der Waals surface area contributed by atoms with Gasteiger partial charge in [0.1, 0.15) is 10.8 Å². The third kappa shape index (κ3) is 1.99. The van der Waals surface area contributed by atoms with Crippen LogP contribution in [0.5, 0.6) is 0 Å². The molecule has 0 aliphatic carbocycles. The Bertz CT molecular complexity index is 588. The molecule has 0 unspecified atom stereocenters. The summed E-state index contributed by atoms with van der Waals surface area (Å²) in [5.41, 5.74) is -0.152. The molecule has 1 heterocycles. The molecule has 4 nitrogen and oxygen atoms in total. The predicted molar refractivity (Wildman–Crippen MR) is 54.4 cm³/mol. The van der Waals surface area contributed by atoms with E-state index in [1.54, 1.807) is 0 Å². The fourth-order valence-corrected chi connectivity index (χ4v) is 1.68. The molecule has 15 heavy (non-hydrogen) atoms. The van der Waals surface area contributed by atoms with Gasteiger partial charge in [0, 0.05) is 5.56 Å². The molecular weight excluding hydrogens is 219 g/mol. The van der Waals surface area contributed by atoms with Crippen molar-refractivity contribution < 1.29 is 4.39 Å². The molecule has 6 heteroatoms. The first-order chi connectivity index (χ1) is 7.16. The normalized spacial score (nSPS) is 10.2. The van der Waals surface area contributed by atoms with E-state index in [-0.39, 0.29) is 5.82 Å². The molecule has 76 valence electrons. The van der Waals surface area contributed by atoms with Crippen molar-refractivity contribution in [3.63, 3.8) is 0 Å². The number of rotatable bonds is 1. The number of nitrogens with zero attached hydrogens (tertiary/aromatic N) is 1. The number of H-pyrrole nitrogens is 1. The molecular formula is C9H5FN2O2S. The lowest BCUT2D eigenvalue weighted by Gasteiger charge is -1.96. The summed E-state index contributed by atoms with van der Waals surface area (Å²) >= 11 is 0.730. The van der Waals surface area contributed by atoms with Crippen molar-refractivity contribution in [1.29, 1.82) is 0 Å². The van der Waals surface area contributed by atoms with Crippen LogP contribution in [0.2, 0.25) is 0 Å². The summed E-state index contributed by atoms with van der Waals surface area (Å²) in [6, 6.07) is 5.51. The Morgan fingerprint density at radius 3 is 2.47 bits per heavy atom. The van der Waals surface area contributed by atoms with E-state index in [9.17, 15) is 14.0 Å². The van der Waals surface area contributed by atoms with Crippen LogP contribution in [0.4, 0.5) is 4.39 Å².